The van der Waals surface area contributed by atoms with Crippen molar-refractivity contribution in [3.05, 3.63) is 30.1 Å². The van der Waals surface area contributed by atoms with Gasteiger partial charge in [-0.15, -0.1) is 4.72 Å². The van der Waals surface area contributed by atoms with Crippen molar-refractivity contribution in [3.63, 3.8) is 0 Å². The van der Waals surface area contributed by atoms with Crippen LogP contribution in [0.1, 0.15) is 67.2 Å². The fourth-order valence-corrected chi connectivity index (χ4v) is 5.01. The first-order valence-electron chi connectivity index (χ1n) is 10.6. The third kappa shape index (κ3) is 6.51. The molecule has 0 spiro atoms. The third-order valence-corrected chi connectivity index (χ3v) is 11.8. The molecule has 8 heteroatoms. The summed E-state index contributed by atoms with van der Waals surface area (Å²) in [5.41, 5.74) is 0.805. The Bertz CT molecular complexity index is 689. The summed E-state index contributed by atoms with van der Waals surface area (Å²) in [7, 11) is -2.17. The molecule has 0 aliphatic carbocycles. The van der Waals surface area contributed by atoms with E-state index in [4.69, 9.17) is 13.9 Å². The van der Waals surface area contributed by atoms with Gasteiger partial charge < -0.3 is 18.5 Å². The maximum Gasteiger partial charge on any atom is 0.193 e. The second-order valence-corrected chi connectivity index (χ2v) is 17.7. The molecule has 1 N–H and O–H groups in total. The zero-order valence-corrected chi connectivity index (χ0v) is 22.1. The molecule has 0 bridgehead atoms. The average molecular weight is 457 g/mol. The largest absolute Gasteiger partial charge is 0.598 e. The fourth-order valence-electron chi connectivity index (χ4n) is 2.88. The molecule has 1 unspecified atom stereocenters. The first-order valence-corrected chi connectivity index (χ1v) is 14.7. The summed E-state index contributed by atoms with van der Waals surface area (Å²) in [6.07, 6.45) is 1.04. The highest BCUT2D eigenvalue weighted by molar-refractivity contribution is 7.90. The van der Waals surface area contributed by atoms with Crippen molar-refractivity contribution in [1.82, 2.24) is 9.71 Å². The molecule has 0 amide bonds. The first-order chi connectivity index (χ1) is 13.5. The standard InChI is InChI=1S/C22H40N2O4SSi/c1-20(2,3)29(25)24-18(17-15-26-22(7,8)27-17)19(16-13-11-12-14-23-16)28-30(9,10)21(4,5)6/h11-14,17-19,24H,15H2,1-10H3/t17-,18+,19+,29?/m1/s1. The molecule has 0 saturated carbocycles. The van der Waals surface area contributed by atoms with Gasteiger partial charge in [0.1, 0.15) is 23.0 Å². The zero-order chi connectivity index (χ0) is 23.0. The summed E-state index contributed by atoms with van der Waals surface area (Å²) >= 11 is -1.31. The Morgan fingerprint density at radius 2 is 1.87 bits per heavy atom. The SMILES string of the molecule is CC1(C)OC[C@H]([C@H](N[S+]([O-])C(C)(C)C)[C@@H](O[Si](C)(C)C(C)(C)C)c2ccccn2)O1. The van der Waals surface area contributed by atoms with E-state index in [1.807, 2.05) is 52.8 Å². The summed E-state index contributed by atoms with van der Waals surface area (Å²) in [4.78, 5) is 4.61. The Labute approximate surface area is 186 Å². The van der Waals surface area contributed by atoms with E-state index in [-0.39, 0.29) is 17.2 Å². The van der Waals surface area contributed by atoms with Crippen LogP contribution in [0.25, 0.3) is 0 Å². The van der Waals surface area contributed by atoms with Gasteiger partial charge in [0.05, 0.1) is 12.3 Å². The molecule has 1 fully saturated rings. The smallest absolute Gasteiger partial charge is 0.193 e. The van der Waals surface area contributed by atoms with Gasteiger partial charge in [-0.25, -0.2) is 0 Å². The summed E-state index contributed by atoms with van der Waals surface area (Å²) in [6.45, 7) is 21.1. The Morgan fingerprint density at radius 3 is 2.30 bits per heavy atom. The number of nitrogens with zero attached hydrogens (tertiary/aromatic N) is 1. The van der Waals surface area contributed by atoms with E-state index in [0.29, 0.717) is 6.61 Å². The predicted molar refractivity (Wildman–Crippen MR) is 125 cm³/mol. The molecule has 1 saturated heterocycles. The first kappa shape index (κ1) is 25.8. The highest BCUT2D eigenvalue weighted by atomic mass is 32.2. The number of hydrogen-bond acceptors (Lipinski definition) is 6. The van der Waals surface area contributed by atoms with Crippen molar-refractivity contribution in [3.8, 4) is 0 Å². The quantitative estimate of drug-likeness (QED) is 0.473. The van der Waals surface area contributed by atoms with Gasteiger partial charge in [-0.2, -0.15) is 0 Å². The normalized spacial score (nSPS) is 23.2. The van der Waals surface area contributed by atoms with Gasteiger partial charge in [-0.1, -0.05) is 26.8 Å². The molecule has 1 aliphatic rings. The summed E-state index contributed by atoms with van der Waals surface area (Å²) in [6, 6.07) is 5.43. The maximum atomic E-state index is 13.1. The molecule has 4 atom stereocenters. The Kier molecular flexibility index (Phi) is 7.88. The zero-order valence-electron chi connectivity index (χ0n) is 20.2. The van der Waals surface area contributed by atoms with Crippen LogP contribution < -0.4 is 4.72 Å². The van der Waals surface area contributed by atoms with E-state index in [9.17, 15) is 4.55 Å². The van der Waals surface area contributed by atoms with Crippen molar-refractivity contribution in [1.29, 1.82) is 0 Å². The second kappa shape index (κ2) is 9.17. The van der Waals surface area contributed by atoms with E-state index in [1.165, 1.54) is 0 Å². The average Bonchev–Trinajstić information content (AvgIpc) is 2.96. The fraction of sp³-hybridized carbons (Fsp3) is 0.773. The van der Waals surface area contributed by atoms with Gasteiger partial charge in [0.15, 0.2) is 14.1 Å². The van der Waals surface area contributed by atoms with Gasteiger partial charge >= 0.3 is 0 Å². The lowest BCUT2D eigenvalue weighted by molar-refractivity contribution is -0.144. The van der Waals surface area contributed by atoms with Crippen LogP contribution in [0, 0.1) is 0 Å². The molecular weight excluding hydrogens is 416 g/mol. The minimum absolute atomic E-state index is 0.0140. The number of hydrogen-bond donors (Lipinski definition) is 1. The van der Waals surface area contributed by atoms with Crippen LogP contribution in [-0.4, -0.2) is 47.1 Å². The number of pyridine rings is 1. The Balaban J connectivity index is 2.48. The van der Waals surface area contributed by atoms with Crippen LogP contribution in [0.2, 0.25) is 18.1 Å². The molecule has 1 aromatic heterocycles. The lowest BCUT2D eigenvalue weighted by Gasteiger charge is -2.42. The number of ether oxygens (including phenoxy) is 2. The van der Waals surface area contributed by atoms with Crippen LogP contribution in [0.15, 0.2) is 24.4 Å². The van der Waals surface area contributed by atoms with E-state index < -0.39 is 36.3 Å². The molecule has 1 aliphatic heterocycles. The number of rotatable bonds is 7. The molecule has 172 valence electrons. The van der Waals surface area contributed by atoms with Crippen LogP contribution in [0.4, 0.5) is 0 Å². The van der Waals surface area contributed by atoms with E-state index >= 15 is 0 Å². The van der Waals surface area contributed by atoms with Crippen molar-refractivity contribution in [2.24, 2.45) is 0 Å². The van der Waals surface area contributed by atoms with Gasteiger partial charge in [0, 0.05) is 17.6 Å². The molecule has 2 rings (SSSR count). The van der Waals surface area contributed by atoms with E-state index in [2.05, 4.69) is 43.6 Å². The van der Waals surface area contributed by atoms with Crippen molar-refractivity contribution >= 4 is 19.7 Å². The van der Waals surface area contributed by atoms with Gasteiger partial charge in [0.2, 0.25) is 0 Å². The lowest BCUT2D eigenvalue weighted by Crippen LogP contribution is -2.55. The van der Waals surface area contributed by atoms with Crippen molar-refractivity contribution < 1.29 is 18.5 Å². The Hall–Kier alpha value is -0.483. The minimum Gasteiger partial charge on any atom is -0.598 e. The molecule has 30 heavy (non-hydrogen) atoms. The molecule has 1 aromatic rings. The molecular formula is C22H40N2O4SSi. The molecule has 2 heterocycles. The monoisotopic (exact) mass is 456 g/mol. The van der Waals surface area contributed by atoms with Crippen molar-refractivity contribution in [2.75, 3.05) is 6.61 Å². The number of nitrogens with one attached hydrogen (secondary N) is 1. The summed E-state index contributed by atoms with van der Waals surface area (Å²) in [5, 5.41) is 0.0140. The van der Waals surface area contributed by atoms with Gasteiger partial charge in [0.25, 0.3) is 0 Å². The van der Waals surface area contributed by atoms with Crippen LogP contribution >= 0.6 is 0 Å². The summed E-state index contributed by atoms with van der Waals surface area (Å²) < 4.78 is 35.0. The lowest BCUT2D eigenvalue weighted by atomic mass is 10.0. The minimum atomic E-state index is -2.17. The highest BCUT2D eigenvalue weighted by Crippen LogP contribution is 2.42. The van der Waals surface area contributed by atoms with E-state index in [1.54, 1.807) is 6.20 Å². The van der Waals surface area contributed by atoms with Crippen molar-refractivity contribution in [2.45, 2.75) is 102 Å². The third-order valence-electron chi connectivity index (χ3n) is 5.76. The predicted octanol–water partition coefficient (Wildman–Crippen LogP) is 4.72. The molecule has 0 radical (unpaired) electrons. The van der Waals surface area contributed by atoms with Crippen LogP contribution in [-0.2, 0) is 25.3 Å². The maximum absolute atomic E-state index is 13.1. The molecule has 6 nitrogen and oxygen atoms in total. The highest BCUT2D eigenvalue weighted by Gasteiger charge is 2.48. The molecule has 0 aromatic carbocycles. The van der Waals surface area contributed by atoms with Gasteiger partial charge in [-0.3, -0.25) is 4.98 Å². The summed E-state index contributed by atoms with van der Waals surface area (Å²) in [5.74, 6) is -0.695. The second-order valence-electron chi connectivity index (χ2n) is 10.9. The topological polar surface area (TPSA) is 75.7 Å². The number of aromatic nitrogens is 1. The Morgan fingerprint density at radius 1 is 1.23 bits per heavy atom. The van der Waals surface area contributed by atoms with Gasteiger partial charge in [-0.05, 0) is 64.9 Å². The van der Waals surface area contributed by atoms with E-state index in [0.717, 1.165) is 5.69 Å². The van der Waals surface area contributed by atoms with Crippen LogP contribution in [0.3, 0.4) is 0 Å². The van der Waals surface area contributed by atoms with Crippen LogP contribution in [0.5, 0.6) is 0 Å².